The van der Waals surface area contributed by atoms with Gasteiger partial charge in [-0.1, -0.05) is 66.7 Å². The second kappa shape index (κ2) is 10.2. The number of aliphatic hydroxyl groups is 1. The van der Waals surface area contributed by atoms with Gasteiger partial charge in [0.2, 0.25) is 0 Å². The lowest BCUT2D eigenvalue weighted by atomic mass is 10.0. The molecule has 4 rings (SSSR count). The lowest BCUT2D eigenvalue weighted by Gasteiger charge is -2.36. The number of benzene rings is 3. The number of hydrogen-bond acceptors (Lipinski definition) is 5. The third kappa shape index (κ3) is 5.31. The Bertz CT molecular complexity index is 860. The van der Waals surface area contributed by atoms with Crippen molar-refractivity contribution in [3.8, 4) is 0 Å². The van der Waals surface area contributed by atoms with Crippen LogP contribution in [0.4, 0.5) is 0 Å². The molecule has 1 heterocycles. The summed E-state index contributed by atoms with van der Waals surface area (Å²) in [6, 6.07) is 26.5. The van der Waals surface area contributed by atoms with Crippen molar-refractivity contribution in [2.24, 2.45) is 5.73 Å². The summed E-state index contributed by atoms with van der Waals surface area (Å²) >= 11 is 1.80. The number of aliphatic hydroxyl groups excluding tert-OH is 1. The highest BCUT2D eigenvalue weighted by Crippen LogP contribution is 2.39. The first-order valence-electron chi connectivity index (χ1n) is 10.2. The third-order valence-electron chi connectivity index (χ3n) is 5.28. The van der Waals surface area contributed by atoms with E-state index in [2.05, 4.69) is 24.3 Å². The Morgan fingerprint density at radius 2 is 1.50 bits per heavy atom. The van der Waals surface area contributed by atoms with E-state index in [1.54, 1.807) is 11.8 Å². The lowest BCUT2D eigenvalue weighted by Crippen LogP contribution is -2.31. The number of nitrogens with two attached hydrogens (primary N) is 1. The second-order valence-electron chi connectivity index (χ2n) is 7.42. The molecule has 4 nitrogen and oxygen atoms in total. The molecule has 0 aliphatic carbocycles. The van der Waals surface area contributed by atoms with Gasteiger partial charge in [-0.25, -0.2) is 0 Å². The first-order chi connectivity index (χ1) is 14.7. The molecule has 30 heavy (non-hydrogen) atoms. The van der Waals surface area contributed by atoms with Crippen LogP contribution in [0, 0.1) is 0 Å². The minimum absolute atomic E-state index is 0.0430. The Labute approximate surface area is 182 Å². The molecule has 0 aromatic heterocycles. The van der Waals surface area contributed by atoms with E-state index in [4.69, 9.17) is 15.2 Å². The van der Waals surface area contributed by atoms with Gasteiger partial charge in [0.05, 0.1) is 18.8 Å². The zero-order valence-electron chi connectivity index (χ0n) is 16.8. The normalized spacial score (nSPS) is 21.5. The van der Waals surface area contributed by atoms with Crippen molar-refractivity contribution in [2.75, 3.05) is 5.75 Å². The average molecular weight is 422 g/mol. The van der Waals surface area contributed by atoms with E-state index < -0.39 is 6.29 Å². The van der Waals surface area contributed by atoms with Crippen molar-refractivity contribution in [3.63, 3.8) is 0 Å². The van der Waals surface area contributed by atoms with Crippen LogP contribution in [-0.4, -0.2) is 17.0 Å². The van der Waals surface area contributed by atoms with Crippen molar-refractivity contribution in [1.29, 1.82) is 0 Å². The van der Waals surface area contributed by atoms with Gasteiger partial charge in [0.25, 0.3) is 0 Å². The van der Waals surface area contributed by atoms with E-state index in [-0.39, 0.29) is 18.8 Å². The number of ether oxygens (including phenoxy) is 2. The molecule has 1 aliphatic rings. The topological polar surface area (TPSA) is 64.7 Å². The van der Waals surface area contributed by atoms with Gasteiger partial charge in [0.1, 0.15) is 0 Å². The Kier molecular flexibility index (Phi) is 7.20. The maximum atomic E-state index is 9.33. The van der Waals surface area contributed by atoms with Gasteiger partial charge in [0, 0.05) is 29.2 Å². The number of hydrogen-bond donors (Lipinski definition) is 2. The molecule has 0 bridgehead atoms. The summed E-state index contributed by atoms with van der Waals surface area (Å²) in [5, 5.41) is 9.33. The molecule has 3 N–H and O–H groups in total. The minimum atomic E-state index is -0.422. The van der Waals surface area contributed by atoms with Crippen LogP contribution in [0.3, 0.4) is 0 Å². The predicted molar refractivity (Wildman–Crippen MR) is 120 cm³/mol. The molecule has 0 radical (unpaired) electrons. The van der Waals surface area contributed by atoms with Gasteiger partial charge in [0.15, 0.2) is 6.29 Å². The Balaban J connectivity index is 1.52. The summed E-state index contributed by atoms with van der Waals surface area (Å²) < 4.78 is 12.7. The summed E-state index contributed by atoms with van der Waals surface area (Å²) in [5.41, 5.74) is 9.82. The summed E-state index contributed by atoms with van der Waals surface area (Å²) in [7, 11) is 0. The van der Waals surface area contributed by atoms with Crippen LogP contribution >= 0.6 is 11.8 Å². The highest BCUT2D eigenvalue weighted by atomic mass is 32.2. The van der Waals surface area contributed by atoms with Gasteiger partial charge in [-0.15, -0.1) is 11.8 Å². The zero-order chi connectivity index (χ0) is 20.8. The SMILES string of the molecule is NCc1ccc([C@@H]2O[C@H](CSc3ccccc3)C[C@H](c3ccc(CO)cc3)O2)cc1. The summed E-state index contributed by atoms with van der Waals surface area (Å²) in [5.74, 6) is 0.857. The summed E-state index contributed by atoms with van der Waals surface area (Å²) in [4.78, 5) is 1.24. The van der Waals surface area contributed by atoms with Crippen molar-refractivity contribution in [2.45, 2.75) is 43.0 Å². The Hall–Kier alpha value is -2.15. The van der Waals surface area contributed by atoms with E-state index in [0.29, 0.717) is 6.54 Å². The molecule has 5 heteroatoms. The molecule has 3 aromatic rings. The molecule has 3 aromatic carbocycles. The van der Waals surface area contributed by atoms with Crippen molar-refractivity contribution in [1.82, 2.24) is 0 Å². The second-order valence-corrected chi connectivity index (χ2v) is 8.51. The van der Waals surface area contributed by atoms with Gasteiger partial charge in [-0.3, -0.25) is 0 Å². The van der Waals surface area contributed by atoms with Gasteiger partial charge in [-0.2, -0.15) is 0 Å². The number of rotatable bonds is 7. The molecule has 1 saturated heterocycles. The van der Waals surface area contributed by atoms with E-state index in [1.807, 2.05) is 54.6 Å². The molecule has 1 aliphatic heterocycles. The fourth-order valence-electron chi connectivity index (χ4n) is 3.54. The van der Waals surface area contributed by atoms with E-state index >= 15 is 0 Å². The van der Waals surface area contributed by atoms with Crippen LogP contribution in [0.1, 0.15) is 41.1 Å². The molecule has 0 saturated carbocycles. The molecule has 0 unspecified atom stereocenters. The molecular formula is C25H27NO3S. The predicted octanol–water partition coefficient (Wildman–Crippen LogP) is 4.98. The quantitative estimate of drug-likeness (QED) is 0.527. The van der Waals surface area contributed by atoms with Crippen molar-refractivity contribution >= 4 is 11.8 Å². The van der Waals surface area contributed by atoms with E-state index in [9.17, 15) is 5.11 Å². The summed E-state index contributed by atoms with van der Waals surface area (Å²) in [6.07, 6.45) is 0.363. The average Bonchev–Trinajstić information content (AvgIpc) is 2.83. The Morgan fingerprint density at radius 1 is 0.833 bits per heavy atom. The first kappa shape index (κ1) is 21.1. The van der Waals surface area contributed by atoms with Crippen LogP contribution in [0.5, 0.6) is 0 Å². The van der Waals surface area contributed by atoms with E-state index in [0.717, 1.165) is 34.4 Å². The monoisotopic (exact) mass is 421 g/mol. The molecule has 156 valence electrons. The molecule has 0 amide bonds. The standard InChI is InChI=1S/C25H27NO3S/c26-15-18-6-12-21(13-7-18)25-28-22(17-30-23-4-2-1-3-5-23)14-24(29-25)20-10-8-19(16-27)9-11-20/h1-13,22,24-25,27H,14-17,26H2/t22-,24+,25+/m0/s1. The highest BCUT2D eigenvalue weighted by molar-refractivity contribution is 7.99. The largest absolute Gasteiger partial charge is 0.392 e. The zero-order valence-corrected chi connectivity index (χ0v) is 17.6. The third-order valence-corrected chi connectivity index (χ3v) is 6.43. The van der Waals surface area contributed by atoms with E-state index in [1.165, 1.54) is 4.90 Å². The molecule has 1 fully saturated rings. The molecule has 3 atom stereocenters. The van der Waals surface area contributed by atoms with Crippen LogP contribution in [-0.2, 0) is 22.6 Å². The fourth-order valence-corrected chi connectivity index (χ4v) is 4.48. The smallest absolute Gasteiger partial charge is 0.184 e. The lowest BCUT2D eigenvalue weighted by molar-refractivity contribution is -0.245. The molecule has 0 spiro atoms. The minimum Gasteiger partial charge on any atom is -0.392 e. The van der Waals surface area contributed by atoms with Gasteiger partial charge >= 0.3 is 0 Å². The highest BCUT2D eigenvalue weighted by Gasteiger charge is 2.32. The van der Waals surface area contributed by atoms with Gasteiger partial charge in [-0.05, 0) is 28.8 Å². The number of thioether (sulfide) groups is 1. The first-order valence-corrected chi connectivity index (χ1v) is 11.2. The van der Waals surface area contributed by atoms with Crippen molar-refractivity contribution < 1.29 is 14.6 Å². The van der Waals surface area contributed by atoms with Crippen LogP contribution in [0.15, 0.2) is 83.8 Å². The van der Waals surface area contributed by atoms with Gasteiger partial charge < -0.3 is 20.3 Å². The van der Waals surface area contributed by atoms with Crippen LogP contribution in [0.2, 0.25) is 0 Å². The van der Waals surface area contributed by atoms with Crippen molar-refractivity contribution in [3.05, 3.63) is 101 Å². The van der Waals surface area contributed by atoms with Crippen LogP contribution in [0.25, 0.3) is 0 Å². The fraction of sp³-hybridized carbons (Fsp3) is 0.280. The Morgan fingerprint density at radius 3 is 2.17 bits per heavy atom. The summed E-state index contributed by atoms with van der Waals surface area (Å²) in [6.45, 7) is 0.560. The maximum absolute atomic E-state index is 9.33. The van der Waals surface area contributed by atoms with Crippen LogP contribution < -0.4 is 5.73 Å². The maximum Gasteiger partial charge on any atom is 0.184 e. The molecular weight excluding hydrogens is 394 g/mol.